The molecule has 7 heteroatoms. The molecule has 0 radical (unpaired) electrons. The van der Waals surface area contributed by atoms with Crippen molar-refractivity contribution < 1.29 is 0 Å². The lowest BCUT2D eigenvalue weighted by molar-refractivity contribution is 0.974. The fourth-order valence-electron chi connectivity index (χ4n) is 1.61. The second-order valence-corrected chi connectivity index (χ2v) is 6.08. The molecule has 92 valence electrons. The number of thioether (sulfide) groups is 1. The van der Waals surface area contributed by atoms with E-state index in [1.807, 2.05) is 18.2 Å². The molecule has 0 aliphatic heterocycles. The van der Waals surface area contributed by atoms with Gasteiger partial charge in [0.05, 0.1) is 5.02 Å². The van der Waals surface area contributed by atoms with Crippen LogP contribution >= 0.6 is 34.7 Å². The summed E-state index contributed by atoms with van der Waals surface area (Å²) in [5, 5.41) is 9.16. The van der Waals surface area contributed by atoms with Crippen molar-refractivity contribution in [2.24, 2.45) is 0 Å². The number of nitrogen functional groups attached to an aromatic ring is 1. The van der Waals surface area contributed by atoms with Crippen molar-refractivity contribution in [1.29, 1.82) is 0 Å². The van der Waals surface area contributed by atoms with Gasteiger partial charge in [0.2, 0.25) is 11.1 Å². The number of nitrogens with zero attached hydrogens (tertiary/aromatic N) is 2. The molecule has 0 unspecified atom stereocenters. The quantitative estimate of drug-likeness (QED) is 0.725. The Kier molecular flexibility index (Phi) is 3.15. The van der Waals surface area contributed by atoms with Crippen molar-refractivity contribution >= 4 is 50.7 Å². The number of H-pyrrole nitrogens is 1. The normalized spacial score (nSPS) is 11.2. The van der Waals surface area contributed by atoms with Crippen LogP contribution in [0.1, 0.15) is 4.88 Å². The summed E-state index contributed by atoms with van der Waals surface area (Å²) >= 11 is 9.57. The van der Waals surface area contributed by atoms with E-state index in [2.05, 4.69) is 21.2 Å². The van der Waals surface area contributed by atoms with Gasteiger partial charge in [0, 0.05) is 20.7 Å². The van der Waals surface area contributed by atoms with Gasteiger partial charge in [-0.1, -0.05) is 41.6 Å². The molecule has 0 amide bonds. The molecule has 0 aliphatic carbocycles. The number of halogens is 1. The SMILES string of the molecule is Nc1nc(SCc2sc3ccccc3c2Cl)n[nH]1. The van der Waals surface area contributed by atoms with Gasteiger partial charge in [-0.05, 0) is 6.07 Å². The number of nitrogens with two attached hydrogens (primary N) is 1. The van der Waals surface area contributed by atoms with Crippen molar-refractivity contribution in [2.45, 2.75) is 10.9 Å². The van der Waals surface area contributed by atoms with E-state index in [-0.39, 0.29) is 0 Å². The molecular formula is C11H9ClN4S2. The topological polar surface area (TPSA) is 67.6 Å². The molecule has 0 aliphatic rings. The Morgan fingerprint density at radius 1 is 1.39 bits per heavy atom. The maximum atomic E-state index is 6.35. The fraction of sp³-hybridized carbons (Fsp3) is 0.0909. The van der Waals surface area contributed by atoms with Gasteiger partial charge in [0.25, 0.3) is 0 Å². The first-order valence-corrected chi connectivity index (χ1v) is 7.38. The molecule has 0 atom stereocenters. The first kappa shape index (κ1) is 11.8. The summed E-state index contributed by atoms with van der Waals surface area (Å²) in [5.41, 5.74) is 5.47. The minimum atomic E-state index is 0.333. The van der Waals surface area contributed by atoms with E-state index in [0.717, 1.165) is 21.0 Å². The number of aromatic amines is 1. The van der Waals surface area contributed by atoms with Gasteiger partial charge in [0.1, 0.15) is 0 Å². The number of aromatic nitrogens is 3. The number of hydrogen-bond acceptors (Lipinski definition) is 5. The van der Waals surface area contributed by atoms with Gasteiger partial charge in [-0.2, -0.15) is 4.98 Å². The Balaban J connectivity index is 1.84. The molecule has 0 spiro atoms. The molecule has 2 aromatic heterocycles. The highest BCUT2D eigenvalue weighted by Gasteiger charge is 2.11. The zero-order valence-corrected chi connectivity index (χ0v) is 11.6. The van der Waals surface area contributed by atoms with Crippen LogP contribution in [0.3, 0.4) is 0 Å². The maximum absolute atomic E-state index is 6.35. The third-order valence-electron chi connectivity index (χ3n) is 2.42. The summed E-state index contributed by atoms with van der Waals surface area (Å²) in [7, 11) is 0. The van der Waals surface area contributed by atoms with Gasteiger partial charge >= 0.3 is 0 Å². The summed E-state index contributed by atoms with van der Waals surface area (Å²) < 4.78 is 1.20. The standard InChI is InChI=1S/C11H9ClN4S2/c12-9-6-3-1-2-4-7(6)18-8(9)5-17-11-14-10(13)15-16-11/h1-4H,5H2,(H3,13,14,15,16). The van der Waals surface area contributed by atoms with E-state index in [1.54, 1.807) is 11.3 Å². The molecule has 0 saturated heterocycles. The molecule has 0 fully saturated rings. The van der Waals surface area contributed by atoms with Gasteiger partial charge < -0.3 is 5.73 Å². The van der Waals surface area contributed by atoms with Crippen LogP contribution in [0.4, 0.5) is 5.95 Å². The first-order chi connectivity index (χ1) is 8.74. The fourth-order valence-corrected chi connectivity index (χ4v) is 4.07. The van der Waals surface area contributed by atoms with Crippen molar-refractivity contribution in [3.8, 4) is 0 Å². The van der Waals surface area contributed by atoms with Gasteiger partial charge in [-0.25, -0.2) is 5.10 Å². The van der Waals surface area contributed by atoms with Crippen LogP contribution in [0.25, 0.3) is 10.1 Å². The van der Waals surface area contributed by atoms with E-state index < -0.39 is 0 Å². The number of benzene rings is 1. The number of fused-ring (bicyclic) bond motifs is 1. The van der Waals surface area contributed by atoms with Crippen LogP contribution in [-0.2, 0) is 5.75 Å². The summed E-state index contributed by atoms with van der Waals surface area (Å²) in [4.78, 5) is 5.18. The molecular weight excluding hydrogens is 288 g/mol. The maximum Gasteiger partial charge on any atom is 0.216 e. The van der Waals surface area contributed by atoms with Crippen molar-refractivity contribution in [2.75, 3.05) is 5.73 Å². The van der Waals surface area contributed by atoms with E-state index in [1.165, 1.54) is 16.5 Å². The Bertz CT molecular complexity index is 691. The molecule has 18 heavy (non-hydrogen) atoms. The molecule has 3 rings (SSSR count). The summed E-state index contributed by atoms with van der Waals surface area (Å²) in [6.45, 7) is 0. The highest BCUT2D eigenvalue weighted by Crippen LogP contribution is 2.37. The molecule has 2 heterocycles. The summed E-state index contributed by atoms with van der Waals surface area (Å²) in [6.07, 6.45) is 0. The van der Waals surface area contributed by atoms with E-state index in [4.69, 9.17) is 17.3 Å². The minimum Gasteiger partial charge on any atom is -0.368 e. The van der Waals surface area contributed by atoms with Crippen LogP contribution in [0.5, 0.6) is 0 Å². The highest BCUT2D eigenvalue weighted by molar-refractivity contribution is 7.98. The van der Waals surface area contributed by atoms with Crippen LogP contribution in [-0.4, -0.2) is 15.2 Å². The van der Waals surface area contributed by atoms with Crippen LogP contribution in [0, 0.1) is 0 Å². The van der Waals surface area contributed by atoms with E-state index in [0.29, 0.717) is 11.1 Å². The van der Waals surface area contributed by atoms with Crippen molar-refractivity contribution in [3.05, 3.63) is 34.2 Å². The number of hydrogen-bond donors (Lipinski definition) is 2. The number of nitrogens with one attached hydrogen (secondary N) is 1. The second kappa shape index (κ2) is 4.79. The van der Waals surface area contributed by atoms with Crippen molar-refractivity contribution in [1.82, 2.24) is 15.2 Å². The number of thiophene rings is 1. The minimum absolute atomic E-state index is 0.333. The predicted octanol–water partition coefficient (Wildman–Crippen LogP) is 3.55. The zero-order chi connectivity index (χ0) is 12.5. The van der Waals surface area contributed by atoms with Crippen LogP contribution < -0.4 is 5.73 Å². The molecule has 4 nitrogen and oxygen atoms in total. The number of anilines is 1. The molecule has 1 aromatic carbocycles. The average molecular weight is 297 g/mol. The average Bonchev–Trinajstić information content (AvgIpc) is 2.92. The molecule has 0 bridgehead atoms. The largest absolute Gasteiger partial charge is 0.368 e. The van der Waals surface area contributed by atoms with Crippen LogP contribution in [0.2, 0.25) is 5.02 Å². The van der Waals surface area contributed by atoms with Crippen molar-refractivity contribution in [3.63, 3.8) is 0 Å². The van der Waals surface area contributed by atoms with E-state index in [9.17, 15) is 0 Å². The summed E-state index contributed by atoms with van der Waals surface area (Å²) in [5.74, 6) is 1.08. The van der Waals surface area contributed by atoms with Gasteiger partial charge in [-0.15, -0.1) is 16.4 Å². The monoisotopic (exact) mass is 296 g/mol. The smallest absolute Gasteiger partial charge is 0.216 e. The van der Waals surface area contributed by atoms with Gasteiger partial charge in [-0.3, -0.25) is 0 Å². The Hall–Kier alpha value is -1.24. The lowest BCUT2D eigenvalue weighted by Crippen LogP contribution is -1.85. The van der Waals surface area contributed by atoms with E-state index >= 15 is 0 Å². The van der Waals surface area contributed by atoms with Crippen LogP contribution in [0.15, 0.2) is 29.4 Å². The highest BCUT2D eigenvalue weighted by atomic mass is 35.5. The molecule has 3 aromatic rings. The first-order valence-electron chi connectivity index (χ1n) is 5.20. The molecule has 0 saturated carbocycles. The van der Waals surface area contributed by atoms with Gasteiger partial charge in [0.15, 0.2) is 0 Å². The summed E-state index contributed by atoms with van der Waals surface area (Å²) in [6, 6.07) is 8.12. The predicted molar refractivity (Wildman–Crippen MR) is 77.2 cm³/mol. The Morgan fingerprint density at radius 3 is 2.94 bits per heavy atom. The second-order valence-electron chi connectivity index (χ2n) is 3.63. The zero-order valence-electron chi connectivity index (χ0n) is 9.18. The lowest BCUT2D eigenvalue weighted by atomic mass is 10.2. The third-order valence-corrected chi connectivity index (χ3v) is 5.19. The molecule has 3 N–H and O–H groups in total. The third kappa shape index (κ3) is 2.19. The number of rotatable bonds is 3. The Labute approximate surface area is 117 Å². The Morgan fingerprint density at radius 2 is 2.22 bits per heavy atom. The lowest BCUT2D eigenvalue weighted by Gasteiger charge is -1.94.